The van der Waals surface area contributed by atoms with E-state index >= 15 is 0 Å². The molecular weight excluding hydrogens is 418 g/mol. The molecule has 6 heteroatoms. The van der Waals surface area contributed by atoms with Crippen LogP contribution in [-0.2, 0) is 4.79 Å². The number of hydrogen-bond donors (Lipinski definition) is 1. The van der Waals surface area contributed by atoms with Crippen LogP contribution in [0.5, 0.6) is 5.75 Å². The minimum Gasteiger partial charge on any atom is -0.484 e. The van der Waals surface area contributed by atoms with Gasteiger partial charge in [-0.2, -0.15) is 0 Å². The van der Waals surface area contributed by atoms with E-state index in [2.05, 4.69) is 21.2 Å². The number of carbonyl (C=O) groups is 1. The van der Waals surface area contributed by atoms with E-state index < -0.39 is 0 Å². The highest BCUT2D eigenvalue weighted by Gasteiger charge is 2.16. The number of carbonyl (C=O) groups excluding carboxylic acids is 1. The van der Waals surface area contributed by atoms with Crippen molar-refractivity contribution in [3.8, 4) is 17.0 Å². The van der Waals surface area contributed by atoms with E-state index in [1.807, 2.05) is 84.3 Å². The lowest BCUT2D eigenvalue weighted by atomic mass is 10.1. The Morgan fingerprint density at radius 3 is 2.71 bits per heavy atom. The van der Waals surface area contributed by atoms with Crippen LogP contribution in [0.1, 0.15) is 5.56 Å². The molecule has 4 aromatic rings. The molecule has 0 aliphatic carbocycles. The van der Waals surface area contributed by atoms with Crippen molar-refractivity contribution in [1.29, 1.82) is 0 Å². The number of rotatable bonds is 5. The first-order chi connectivity index (χ1) is 13.6. The van der Waals surface area contributed by atoms with Gasteiger partial charge in [-0.25, -0.2) is 4.98 Å². The normalized spacial score (nSPS) is 10.8. The Labute approximate surface area is 171 Å². The summed E-state index contributed by atoms with van der Waals surface area (Å²) in [5, 5.41) is 2.96. The number of nitrogens with one attached hydrogen (secondary N) is 1. The molecule has 5 nitrogen and oxygen atoms in total. The van der Waals surface area contributed by atoms with E-state index in [0.29, 0.717) is 11.6 Å². The van der Waals surface area contributed by atoms with E-state index in [9.17, 15) is 4.79 Å². The quantitative estimate of drug-likeness (QED) is 0.474. The Bertz CT molecular complexity index is 1140. The molecule has 0 unspecified atom stereocenters. The lowest BCUT2D eigenvalue weighted by molar-refractivity contribution is -0.118. The zero-order valence-corrected chi connectivity index (χ0v) is 16.8. The topological polar surface area (TPSA) is 55.6 Å². The van der Waals surface area contributed by atoms with Crippen molar-refractivity contribution in [1.82, 2.24) is 9.38 Å². The molecule has 140 valence electrons. The first-order valence-corrected chi connectivity index (χ1v) is 9.62. The van der Waals surface area contributed by atoms with Crippen molar-refractivity contribution in [3.63, 3.8) is 0 Å². The summed E-state index contributed by atoms with van der Waals surface area (Å²) in [6, 6.07) is 21.2. The number of imidazole rings is 1. The van der Waals surface area contributed by atoms with Gasteiger partial charge in [-0.3, -0.25) is 9.20 Å². The predicted molar refractivity (Wildman–Crippen MR) is 114 cm³/mol. The van der Waals surface area contributed by atoms with Gasteiger partial charge in [0.2, 0.25) is 0 Å². The number of ether oxygens (including phenoxy) is 1. The average Bonchev–Trinajstić information content (AvgIpc) is 3.04. The molecule has 2 heterocycles. The molecule has 2 aromatic carbocycles. The van der Waals surface area contributed by atoms with Gasteiger partial charge in [0.25, 0.3) is 5.91 Å². The third-order valence-electron chi connectivity index (χ3n) is 4.25. The van der Waals surface area contributed by atoms with Gasteiger partial charge in [0.05, 0.1) is 0 Å². The van der Waals surface area contributed by atoms with Crippen molar-refractivity contribution >= 4 is 33.3 Å². The van der Waals surface area contributed by atoms with Gasteiger partial charge >= 0.3 is 0 Å². The molecule has 0 radical (unpaired) electrons. The summed E-state index contributed by atoms with van der Waals surface area (Å²) in [6.07, 6.45) is 1.91. The molecule has 1 amide bonds. The number of pyridine rings is 1. The molecule has 1 N–H and O–H groups in total. The van der Waals surface area contributed by atoms with Crippen molar-refractivity contribution in [2.24, 2.45) is 0 Å². The fourth-order valence-electron chi connectivity index (χ4n) is 2.94. The second-order valence-corrected chi connectivity index (χ2v) is 7.32. The third-order valence-corrected chi connectivity index (χ3v) is 4.75. The molecule has 2 aromatic heterocycles. The van der Waals surface area contributed by atoms with E-state index in [4.69, 9.17) is 9.72 Å². The molecule has 0 fully saturated rings. The summed E-state index contributed by atoms with van der Waals surface area (Å²) in [4.78, 5) is 17.3. The fourth-order valence-corrected chi connectivity index (χ4v) is 3.32. The smallest absolute Gasteiger partial charge is 0.263 e. The molecule has 0 saturated carbocycles. The monoisotopic (exact) mass is 435 g/mol. The van der Waals surface area contributed by atoms with Crippen molar-refractivity contribution in [3.05, 3.63) is 83.0 Å². The second-order valence-electron chi connectivity index (χ2n) is 6.40. The summed E-state index contributed by atoms with van der Waals surface area (Å²) < 4.78 is 8.38. The maximum Gasteiger partial charge on any atom is 0.263 e. The van der Waals surface area contributed by atoms with Crippen LogP contribution in [0.15, 0.2) is 77.4 Å². The first kappa shape index (κ1) is 18.3. The van der Waals surface area contributed by atoms with E-state index in [0.717, 1.165) is 26.9 Å². The Kier molecular flexibility index (Phi) is 5.12. The standard InChI is InChI=1S/C22H18BrN3O2/c1-15-10-11-26-19(12-15)24-21(16-6-3-2-4-7-16)22(26)25-20(27)14-28-18-9-5-8-17(23)13-18/h2-13H,14H2,1H3,(H,25,27). The summed E-state index contributed by atoms with van der Waals surface area (Å²) in [5.74, 6) is 1.00. The number of aromatic nitrogens is 2. The maximum absolute atomic E-state index is 12.6. The Balaban J connectivity index is 1.62. The number of benzene rings is 2. The van der Waals surface area contributed by atoms with Crippen LogP contribution in [0.25, 0.3) is 16.9 Å². The number of anilines is 1. The number of hydrogen-bond acceptors (Lipinski definition) is 3. The number of amides is 1. The van der Waals surface area contributed by atoms with Crippen molar-refractivity contribution in [2.45, 2.75) is 6.92 Å². The number of halogens is 1. The molecule has 0 spiro atoms. The van der Waals surface area contributed by atoms with E-state index in [1.54, 1.807) is 0 Å². The number of nitrogens with zero attached hydrogens (tertiary/aromatic N) is 2. The van der Waals surface area contributed by atoms with E-state index in [-0.39, 0.29) is 12.5 Å². The average molecular weight is 436 g/mol. The van der Waals surface area contributed by atoms with Gasteiger partial charge < -0.3 is 10.1 Å². The molecule has 0 aliphatic rings. The summed E-state index contributed by atoms with van der Waals surface area (Å²) in [6.45, 7) is 1.92. The number of aryl methyl sites for hydroxylation is 1. The molecule has 4 rings (SSSR count). The highest BCUT2D eigenvalue weighted by molar-refractivity contribution is 9.10. The van der Waals surface area contributed by atoms with Crippen LogP contribution >= 0.6 is 15.9 Å². The summed E-state index contributed by atoms with van der Waals surface area (Å²) >= 11 is 3.39. The third kappa shape index (κ3) is 3.92. The van der Waals surface area contributed by atoms with Gasteiger partial charge in [0, 0.05) is 16.2 Å². The van der Waals surface area contributed by atoms with Crippen molar-refractivity contribution in [2.75, 3.05) is 11.9 Å². The lowest BCUT2D eigenvalue weighted by Crippen LogP contribution is -2.21. The molecular formula is C22H18BrN3O2. The van der Waals surface area contributed by atoms with Crippen LogP contribution in [0.4, 0.5) is 5.82 Å². The minimum atomic E-state index is -0.250. The van der Waals surface area contributed by atoms with Gasteiger partial charge in [-0.05, 0) is 42.8 Å². The highest BCUT2D eigenvalue weighted by atomic mass is 79.9. The Hall–Kier alpha value is -3.12. The van der Waals surface area contributed by atoms with Crippen molar-refractivity contribution < 1.29 is 9.53 Å². The molecule has 0 bridgehead atoms. The van der Waals surface area contributed by atoms with Gasteiger partial charge in [-0.1, -0.05) is 52.3 Å². The van der Waals surface area contributed by atoms with E-state index in [1.165, 1.54) is 0 Å². The zero-order valence-electron chi connectivity index (χ0n) is 15.2. The predicted octanol–water partition coefficient (Wildman–Crippen LogP) is 5.09. The number of fused-ring (bicyclic) bond motifs is 1. The van der Waals surface area contributed by atoms with Crippen LogP contribution < -0.4 is 10.1 Å². The van der Waals surface area contributed by atoms with Crippen LogP contribution in [0.3, 0.4) is 0 Å². The first-order valence-electron chi connectivity index (χ1n) is 8.82. The minimum absolute atomic E-state index is 0.0935. The molecule has 28 heavy (non-hydrogen) atoms. The second kappa shape index (κ2) is 7.86. The SMILES string of the molecule is Cc1ccn2c(NC(=O)COc3cccc(Br)c3)c(-c3ccccc3)nc2c1. The summed E-state index contributed by atoms with van der Waals surface area (Å²) in [7, 11) is 0. The van der Waals surface area contributed by atoms with Gasteiger partial charge in [0.15, 0.2) is 6.61 Å². The zero-order chi connectivity index (χ0) is 19.5. The van der Waals surface area contributed by atoms with Crippen LogP contribution in [0.2, 0.25) is 0 Å². The molecule has 0 atom stereocenters. The Morgan fingerprint density at radius 1 is 1.11 bits per heavy atom. The Morgan fingerprint density at radius 2 is 1.93 bits per heavy atom. The van der Waals surface area contributed by atoms with Gasteiger partial charge in [0.1, 0.15) is 22.9 Å². The van der Waals surface area contributed by atoms with Crippen LogP contribution in [0, 0.1) is 6.92 Å². The lowest BCUT2D eigenvalue weighted by Gasteiger charge is -2.09. The van der Waals surface area contributed by atoms with Gasteiger partial charge in [-0.15, -0.1) is 0 Å². The molecule has 0 aliphatic heterocycles. The highest BCUT2D eigenvalue weighted by Crippen LogP contribution is 2.29. The molecule has 0 saturated heterocycles. The summed E-state index contributed by atoms with van der Waals surface area (Å²) in [5.41, 5.74) is 3.55. The maximum atomic E-state index is 12.6. The largest absolute Gasteiger partial charge is 0.484 e. The van der Waals surface area contributed by atoms with Crippen LogP contribution in [-0.4, -0.2) is 21.9 Å². The fraction of sp³-hybridized carbons (Fsp3) is 0.0909.